The third kappa shape index (κ3) is 2.22. The van der Waals surface area contributed by atoms with Crippen LogP contribution in [0.2, 0.25) is 0 Å². The van der Waals surface area contributed by atoms with Crippen LogP contribution in [0.3, 0.4) is 0 Å². The van der Waals surface area contributed by atoms with E-state index in [2.05, 4.69) is 31.0 Å². The maximum absolute atomic E-state index is 5.88. The fourth-order valence-corrected chi connectivity index (χ4v) is 1.39. The molecule has 0 spiro atoms. The van der Waals surface area contributed by atoms with Crippen LogP contribution in [0, 0.1) is 0 Å². The van der Waals surface area contributed by atoms with Crippen LogP contribution in [-0.4, -0.2) is 13.6 Å². The summed E-state index contributed by atoms with van der Waals surface area (Å²) >= 11 is 0. The third-order valence-corrected chi connectivity index (χ3v) is 2.31. The molecule has 0 heterocycles. The van der Waals surface area contributed by atoms with Gasteiger partial charge >= 0.3 is 0 Å². The lowest BCUT2D eigenvalue weighted by Gasteiger charge is -2.22. The number of hydrogen-bond acceptors (Lipinski definition) is 2. The van der Waals surface area contributed by atoms with E-state index in [4.69, 9.17) is 5.73 Å². The van der Waals surface area contributed by atoms with Gasteiger partial charge in [0.05, 0.1) is 0 Å². The summed E-state index contributed by atoms with van der Waals surface area (Å²) in [6.45, 7) is 5.16. The lowest BCUT2D eigenvalue weighted by molar-refractivity contribution is 0.806. The zero-order chi connectivity index (χ0) is 9.84. The van der Waals surface area contributed by atoms with Gasteiger partial charge in [-0.2, -0.15) is 0 Å². The first-order valence-electron chi connectivity index (χ1n) is 4.72. The average Bonchev–Trinajstić information content (AvgIpc) is 2.16. The highest BCUT2D eigenvalue weighted by Crippen LogP contribution is 2.23. The first-order valence-corrected chi connectivity index (χ1v) is 4.72. The molecule has 0 aliphatic heterocycles. The van der Waals surface area contributed by atoms with Gasteiger partial charge in [0.25, 0.3) is 0 Å². The first-order chi connectivity index (χ1) is 6.16. The summed E-state index contributed by atoms with van der Waals surface area (Å²) in [6.07, 6.45) is 0. The quantitative estimate of drug-likeness (QED) is 0.768. The molecule has 0 saturated carbocycles. The molecule has 2 nitrogen and oxygen atoms in total. The molecule has 72 valence electrons. The molecule has 0 saturated heterocycles. The minimum absolute atomic E-state index is 0.102. The Morgan fingerprint density at radius 3 is 2.54 bits per heavy atom. The zero-order valence-corrected chi connectivity index (χ0v) is 8.62. The smallest absolute Gasteiger partial charge is 0.0411 e. The van der Waals surface area contributed by atoms with Crippen molar-refractivity contribution in [1.82, 2.24) is 0 Å². The summed E-state index contributed by atoms with van der Waals surface area (Å²) in [6, 6.07) is 8.39. The maximum Gasteiger partial charge on any atom is 0.0411 e. The van der Waals surface area contributed by atoms with E-state index in [0.29, 0.717) is 0 Å². The molecule has 13 heavy (non-hydrogen) atoms. The van der Waals surface area contributed by atoms with Gasteiger partial charge in [0.2, 0.25) is 0 Å². The molecule has 0 fully saturated rings. The molecule has 1 rings (SSSR count). The second-order valence-corrected chi connectivity index (χ2v) is 3.36. The molecule has 0 amide bonds. The molecule has 0 bridgehead atoms. The number of anilines is 1. The van der Waals surface area contributed by atoms with Crippen molar-refractivity contribution in [1.29, 1.82) is 0 Å². The van der Waals surface area contributed by atoms with Crippen LogP contribution in [0.5, 0.6) is 0 Å². The van der Waals surface area contributed by atoms with Crippen molar-refractivity contribution in [2.45, 2.75) is 19.9 Å². The fraction of sp³-hybridized carbons (Fsp3) is 0.455. The van der Waals surface area contributed by atoms with Crippen molar-refractivity contribution in [3.05, 3.63) is 29.8 Å². The molecular formula is C11H18N2. The van der Waals surface area contributed by atoms with E-state index in [0.717, 1.165) is 6.54 Å². The molecule has 0 aromatic heterocycles. The van der Waals surface area contributed by atoms with Gasteiger partial charge in [0, 0.05) is 25.3 Å². The fourth-order valence-electron chi connectivity index (χ4n) is 1.39. The van der Waals surface area contributed by atoms with Gasteiger partial charge in [0.1, 0.15) is 0 Å². The van der Waals surface area contributed by atoms with Gasteiger partial charge in [0.15, 0.2) is 0 Å². The van der Waals surface area contributed by atoms with Crippen LogP contribution in [0.1, 0.15) is 25.5 Å². The Morgan fingerprint density at radius 2 is 2.00 bits per heavy atom. The number of hydrogen-bond donors (Lipinski definition) is 1. The van der Waals surface area contributed by atoms with Crippen molar-refractivity contribution >= 4 is 5.69 Å². The largest absolute Gasteiger partial charge is 0.375 e. The van der Waals surface area contributed by atoms with Gasteiger partial charge < -0.3 is 10.6 Å². The lowest BCUT2D eigenvalue weighted by Crippen LogP contribution is -2.19. The van der Waals surface area contributed by atoms with Crippen molar-refractivity contribution in [2.75, 3.05) is 18.5 Å². The van der Waals surface area contributed by atoms with E-state index >= 15 is 0 Å². The summed E-state index contributed by atoms with van der Waals surface area (Å²) in [5, 5.41) is 0. The SMILES string of the molecule is CCN(C)c1ccccc1[C@@H](C)N. The molecule has 1 aromatic rings. The summed E-state index contributed by atoms with van der Waals surface area (Å²) in [5.41, 5.74) is 8.33. The monoisotopic (exact) mass is 178 g/mol. The maximum atomic E-state index is 5.88. The van der Waals surface area contributed by atoms with E-state index in [1.807, 2.05) is 19.1 Å². The van der Waals surface area contributed by atoms with Gasteiger partial charge in [-0.1, -0.05) is 18.2 Å². The van der Waals surface area contributed by atoms with Crippen LogP contribution in [0.25, 0.3) is 0 Å². The number of para-hydroxylation sites is 1. The number of nitrogens with zero attached hydrogens (tertiary/aromatic N) is 1. The van der Waals surface area contributed by atoms with E-state index in [1.54, 1.807) is 0 Å². The van der Waals surface area contributed by atoms with Crippen LogP contribution < -0.4 is 10.6 Å². The molecule has 0 aliphatic rings. The van der Waals surface area contributed by atoms with Crippen LogP contribution in [0.4, 0.5) is 5.69 Å². The molecule has 0 radical (unpaired) electrons. The van der Waals surface area contributed by atoms with E-state index < -0.39 is 0 Å². The molecule has 0 aliphatic carbocycles. The van der Waals surface area contributed by atoms with Crippen LogP contribution in [-0.2, 0) is 0 Å². The summed E-state index contributed by atoms with van der Waals surface area (Å²) in [4.78, 5) is 2.21. The first kappa shape index (κ1) is 10.1. The normalized spacial score (nSPS) is 12.6. The Labute approximate surface area is 80.4 Å². The highest BCUT2D eigenvalue weighted by atomic mass is 15.1. The van der Waals surface area contributed by atoms with Gasteiger partial charge in [-0.3, -0.25) is 0 Å². The Hall–Kier alpha value is -1.02. The predicted octanol–water partition coefficient (Wildman–Crippen LogP) is 2.16. The lowest BCUT2D eigenvalue weighted by atomic mass is 10.1. The highest BCUT2D eigenvalue weighted by molar-refractivity contribution is 5.54. The Kier molecular flexibility index (Phi) is 3.32. The summed E-state index contributed by atoms with van der Waals surface area (Å²) in [7, 11) is 2.08. The molecule has 1 atom stereocenters. The van der Waals surface area contributed by atoms with Crippen molar-refractivity contribution < 1.29 is 0 Å². The summed E-state index contributed by atoms with van der Waals surface area (Å²) in [5.74, 6) is 0. The highest BCUT2D eigenvalue weighted by Gasteiger charge is 2.07. The molecular weight excluding hydrogens is 160 g/mol. The number of rotatable bonds is 3. The minimum atomic E-state index is 0.102. The topological polar surface area (TPSA) is 29.3 Å². The minimum Gasteiger partial charge on any atom is -0.375 e. The van der Waals surface area contributed by atoms with Gasteiger partial charge in [-0.25, -0.2) is 0 Å². The number of benzene rings is 1. The van der Waals surface area contributed by atoms with Gasteiger partial charge in [-0.05, 0) is 25.5 Å². The third-order valence-electron chi connectivity index (χ3n) is 2.31. The second-order valence-electron chi connectivity index (χ2n) is 3.36. The van der Waals surface area contributed by atoms with Crippen molar-refractivity contribution in [3.8, 4) is 0 Å². The van der Waals surface area contributed by atoms with E-state index in [1.165, 1.54) is 11.3 Å². The average molecular weight is 178 g/mol. The molecule has 1 aromatic carbocycles. The standard InChI is InChI=1S/C11H18N2/c1-4-13(3)11-8-6-5-7-10(11)9(2)12/h5-9H,4,12H2,1-3H3/t9-/m1/s1. The zero-order valence-electron chi connectivity index (χ0n) is 8.62. The van der Waals surface area contributed by atoms with E-state index in [-0.39, 0.29) is 6.04 Å². The Morgan fingerprint density at radius 1 is 1.38 bits per heavy atom. The van der Waals surface area contributed by atoms with Crippen molar-refractivity contribution in [2.24, 2.45) is 5.73 Å². The number of nitrogens with two attached hydrogens (primary N) is 1. The van der Waals surface area contributed by atoms with Gasteiger partial charge in [-0.15, -0.1) is 0 Å². The van der Waals surface area contributed by atoms with Crippen LogP contribution in [0.15, 0.2) is 24.3 Å². The molecule has 2 heteroatoms. The molecule has 0 unspecified atom stereocenters. The van der Waals surface area contributed by atoms with Crippen molar-refractivity contribution in [3.63, 3.8) is 0 Å². The second kappa shape index (κ2) is 4.28. The Balaban J connectivity index is 3.04. The summed E-state index contributed by atoms with van der Waals surface area (Å²) < 4.78 is 0. The Bertz CT molecular complexity index is 269. The molecule has 2 N–H and O–H groups in total. The van der Waals surface area contributed by atoms with E-state index in [9.17, 15) is 0 Å². The predicted molar refractivity (Wildman–Crippen MR) is 58.0 cm³/mol. The van der Waals surface area contributed by atoms with Crippen LogP contribution >= 0.6 is 0 Å².